The van der Waals surface area contributed by atoms with E-state index in [1.807, 2.05) is 0 Å². The molecule has 0 saturated heterocycles. The number of hydrogen-bond acceptors (Lipinski definition) is 6. The molecule has 1 N–H and O–H groups in total. The van der Waals surface area contributed by atoms with Gasteiger partial charge >= 0.3 is 11.9 Å². The summed E-state index contributed by atoms with van der Waals surface area (Å²) in [6.45, 7) is 8.14. The van der Waals surface area contributed by atoms with Crippen LogP contribution < -0.4 is 0 Å². The molecule has 4 rings (SSSR count). The maximum atomic E-state index is 13.9. The fraction of sp³-hybridized carbons (Fsp3) is 0.889. The molecule has 0 amide bonds. The Hall–Kier alpha value is -1.43. The van der Waals surface area contributed by atoms with Crippen molar-refractivity contribution in [3.63, 3.8) is 0 Å². The Labute approximate surface area is 198 Å². The van der Waals surface area contributed by atoms with Crippen LogP contribution in [0.4, 0.5) is 0 Å². The monoisotopic (exact) mass is 462 g/mol. The number of carbonyl (C=O) groups excluding carboxylic acids is 3. The number of aliphatic hydroxyl groups is 1. The summed E-state index contributed by atoms with van der Waals surface area (Å²) >= 11 is 0. The predicted molar refractivity (Wildman–Crippen MR) is 123 cm³/mol. The molecule has 4 aliphatic carbocycles. The van der Waals surface area contributed by atoms with E-state index < -0.39 is 5.41 Å². The van der Waals surface area contributed by atoms with Crippen molar-refractivity contribution in [2.75, 3.05) is 7.11 Å². The second-order valence-corrected chi connectivity index (χ2v) is 12.0. The van der Waals surface area contributed by atoms with Crippen LogP contribution in [0, 0.1) is 46.3 Å². The van der Waals surface area contributed by atoms with E-state index in [-0.39, 0.29) is 65.1 Å². The van der Waals surface area contributed by atoms with E-state index in [0.717, 1.165) is 44.9 Å². The van der Waals surface area contributed by atoms with Crippen LogP contribution in [0.5, 0.6) is 0 Å². The molecule has 6 heteroatoms. The molecule has 0 radical (unpaired) electrons. The maximum absolute atomic E-state index is 13.9. The summed E-state index contributed by atoms with van der Waals surface area (Å²) in [5.74, 6) is 1.25. The first-order chi connectivity index (χ1) is 15.5. The van der Waals surface area contributed by atoms with Gasteiger partial charge in [0.2, 0.25) is 0 Å². The molecule has 1 unspecified atom stereocenters. The lowest BCUT2D eigenvalue weighted by Gasteiger charge is -2.62. The third-order valence-corrected chi connectivity index (χ3v) is 10.6. The number of ether oxygens (including phenoxy) is 2. The molecule has 186 valence electrons. The second-order valence-electron chi connectivity index (χ2n) is 12.0. The van der Waals surface area contributed by atoms with E-state index in [0.29, 0.717) is 18.6 Å². The van der Waals surface area contributed by atoms with Gasteiger partial charge in [-0.3, -0.25) is 14.4 Å². The van der Waals surface area contributed by atoms with Gasteiger partial charge < -0.3 is 14.6 Å². The first-order valence-corrected chi connectivity index (χ1v) is 13.0. The second kappa shape index (κ2) is 8.98. The van der Waals surface area contributed by atoms with Gasteiger partial charge in [0.05, 0.1) is 13.2 Å². The fourth-order valence-electron chi connectivity index (χ4n) is 8.82. The lowest BCUT2D eigenvalue weighted by atomic mass is 9.43. The minimum absolute atomic E-state index is 0.00607. The Morgan fingerprint density at radius 3 is 2.55 bits per heavy atom. The van der Waals surface area contributed by atoms with Crippen molar-refractivity contribution >= 4 is 17.7 Å². The van der Waals surface area contributed by atoms with E-state index >= 15 is 0 Å². The topological polar surface area (TPSA) is 89.9 Å². The number of rotatable bonds is 5. The average Bonchev–Trinajstić information content (AvgIpc) is 3.11. The smallest absolute Gasteiger partial charge is 0.305 e. The van der Waals surface area contributed by atoms with E-state index in [9.17, 15) is 19.5 Å². The molecular weight excluding hydrogens is 420 g/mol. The Kier molecular flexibility index (Phi) is 6.71. The zero-order valence-electron chi connectivity index (χ0n) is 21.0. The molecule has 4 saturated carbocycles. The number of esters is 2. The Bertz CT molecular complexity index is 793. The Morgan fingerprint density at radius 2 is 1.88 bits per heavy atom. The van der Waals surface area contributed by atoms with Gasteiger partial charge in [0, 0.05) is 31.1 Å². The van der Waals surface area contributed by atoms with Crippen LogP contribution in [0.3, 0.4) is 0 Å². The van der Waals surface area contributed by atoms with Gasteiger partial charge in [-0.25, -0.2) is 0 Å². The van der Waals surface area contributed by atoms with Crippen LogP contribution in [0.1, 0.15) is 85.5 Å². The largest absolute Gasteiger partial charge is 0.469 e. The van der Waals surface area contributed by atoms with E-state index in [1.54, 1.807) is 0 Å². The third-order valence-electron chi connectivity index (χ3n) is 10.6. The van der Waals surface area contributed by atoms with Crippen LogP contribution in [0.2, 0.25) is 0 Å². The molecule has 4 fully saturated rings. The number of Topliss-reactive ketones (excluding diaryl/α,β-unsaturated/α-hetero) is 1. The molecule has 4 aliphatic rings. The summed E-state index contributed by atoms with van der Waals surface area (Å²) in [5, 5.41) is 10.4. The van der Waals surface area contributed by atoms with Crippen LogP contribution >= 0.6 is 0 Å². The molecule has 33 heavy (non-hydrogen) atoms. The zero-order valence-corrected chi connectivity index (χ0v) is 21.0. The van der Waals surface area contributed by atoms with Gasteiger partial charge in [-0.05, 0) is 80.0 Å². The van der Waals surface area contributed by atoms with Crippen molar-refractivity contribution in [2.45, 2.75) is 97.7 Å². The highest BCUT2D eigenvalue weighted by Crippen LogP contribution is 2.67. The molecule has 0 heterocycles. The van der Waals surface area contributed by atoms with Crippen LogP contribution in [0.15, 0.2) is 0 Å². The number of carbonyl (C=O) groups is 3. The average molecular weight is 463 g/mol. The van der Waals surface area contributed by atoms with E-state index in [1.165, 1.54) is 14.0 Å². The summed E-state index contributed by atoms with van der Waals surface area (Å²) in [6, 6.07) is 0. The number of methoxy groups -OCH3 is 1. The standard InChI is InChI=1S/C27H42O6/c1-15(6-9-24(31)32-5)19-7-8-20-25-21(14-23(30)27(19,20)4)26(3)11-10-18(29)12-17(26)13-22(25)33-16(2)28/h15,17-22,25,29H,6-14H2,1-5H3/t15-,17+,18-,19-,20+,21+,22?,25+,26+,27-/m1/s1. The van der Waals surface area contributed by atoms with E-state index in [2.05, 4.69) is 20.8 Å². The summed E-state index contributed by atoms with van der Waals surface area (Å²) in [6.07, 6.45) is 6.37. The summed E-state index contributed by atoms with van der Waals surface area (Å²) in [7, 11) is 1.42. The molecule has 0 spiro atoms. The zero-order chi connectivity index (χ0) is 24.1. The molecular formula is C27H42O6. The quantitative estimate of drug-likeness (QED) is 0.612. The summed E-state index contributed by atoms with van der Waals surface area (Å²) < 4.78 is 10.8. The van der Waals surface area contributed by atoms with Crippen molar-refractivity contribution in [1.82, 2.24) is 0 Å². The molecule has 6 nitrogen and oxygen atoms in total. The third kappa shape index (κ3) is 4.04. The molecule has 0 aromatic heterocycles. The Morgan fingerprint density at radius 1 is 1.15 bits per heavy atom. The predicted octanol–water partition coefficient (Wildman–Crippen LogP) is 4.32. The molecule has 0 aliphatic heterocycles. The molecule has 0 aromatic rings. The lowest BCUT2D eigenvalue weighted by molar-refractivity contribution is -0.194. The van der Waals surface area contributed by atoms with Crippen LogP contribution in [-0.4, -0.2) is 42.1 Å². The SMILES string of the molecule is COC(=O)CC[C@@H](C)[C@H]1CC[C@H]2[C@@H]3C(OC(C)=O)C[C@@H]4C[C@H](O)CC[C@]4(C)[C@H]3CC(=O)[C@]12C. The summed E-state index contributed by atoms with van der Waals surface area (Å²) in [4.78, 5) is 37.7. The van der Waals surface area contributed by atoms with Crippen LogP contribution in [-0.2, 0) is 23.9 Å². The highest BCUT2D eigenvalue weighted by Gasteiger charge is 2.66. The normalized spacial score (nSPS) is 45.4. The van der Waals surface area contributed by atoms with Crippen molar-refractivity contribution in [3.8, 4) is 0 Å². The fourth-order valence-corrected chi connectivity index (χ4v) is 8.82. The van der Waals surface area contributed by atoms with Gasteiger partial charge in [0.1, 0.15) is 11.9 Å². The molecule has 0 bridgehead atoms. The van der Waals surface area contributed by atoms with Gasteiger partial charge in [0.15, 0.2) is 0 Å². The minimum atomic E-state index is -0.438. The first-order valence-electron chi connectivity index (χ1n) is 13.0. The van der Waals surface area contributed by atoms with Crippen molar-refractivity contribution in [3.05, 3.63) is 0 Å². The number of hydrogen-bond donors (Lipinski definition) is 1. The van der Waals surface area contributed by atoms with Gasteiger partial charge in [-0.1, -0.05) is 20.8 Å². The highest BCUT2D eigenvalue weighted by molar-refractivity contribution is 5.87. The number of ketones is 1. The van der Waals surface area contributed by atoms with Crippen molar-refractivity contribution < 1.29 is 29.0 Å². The Balaban J connectivity index is 1.65. The van der Waals surface area contributed by atoms with E-state index in [4.69, 9.17) is 9.47 Å². The minimum Gasteiger partial charge on any atom is -0.469 e. The number of aliphatic hydroxyl groups excluding tert-OH is 1. The van der Waals surface area contributed by atoms with Gasteiger partial charge in [-0.15, -0.1) is 0 Å². The number of fused-ring (bicyclic) bond motifs is 5. The summed E-state index contributed by atoms with van der Waals surface area (Å²) in [5.41, 5.74) is -0.432. The first kappa shape index (κ1) is 24.7. The van der Waals surface area contributed by atoms with Crippen molar-refractivity contribution in [1.29, 1.82) is 0 Å². The molecule has 0 aromatic carbocycles. The van der Waals surface area contributed by atoms with Crippen molar-refractivity contribution in [2.24, 2.45) is 46.3 Å². The lowest BCUT2D eigenvalue weighted by Crippen LogP contribution is -2.61. The van der Waals surface area contributed by atoms with Gasteiger partial charge in [-0.2, -0.15) is 0 Å². The van der Waals surface area contributed by atoms with Crippen LogP contribution in [0.25, 0.3) is 0 Å². The van der Waals surface area contributed by atoms with Gasteiger partial charge in [0.25, 0.3) is 0 Å². The molecule has 10 atom stereocenters. The highest BCUT2D eigenvalue weighted by atomic mass is 16.5. The maximum Gasteiger partial charge on any atom is 0.305 e.